The number of hydrogen-bond acceptors (Lipinski definition) is 3. The molecule has 1 atom stereocenters. The molecule has 5 heteroatoms. The summed E-state index contributed by atoms with van der Waals surface area (Å²) in [6.45, 7) is 6.36. The second kappa shape index (κ2) is 6.26. The van der Waals surface area contributed by atoms with E-state index in [1.807, 2.05) is 18.4 Å². The highest BCUT2D eigenvalue weighted by Gasteiger charge is 2.23. The van der Waals surface area contributed by atoms with Crippen LogP contribution in [0.3, 0.4) is 0 Å². The predicted molar refractivity (Wildman–Crippen MR) is 79.2 cm³/mol. The van der Waals surface area contributed by atoms with Gasteiger partial charge in [0.15, 0.2) is 0 Å². The zero-order valence-corrected chi connectivity index (χ0v) is 12.8. The van der Waals surface area contributed by atoms with Crippen molar-refractivity contribution in [2.24, 2.45) is 0 Å². The van der Waals surface area contributed by atoms with Crippen LogP contribution in [0.4, 0.5) is 4.39 Å². The van der Waals surface area contributed by atoms with Crippen molar-refractivity contribution < 1.29 is 18.7 Å². The van der Waals surface area contributed by atoms with Crippen LogP contribution in [-0.4, -0.2) is 30.9 Å². The van der Waals surface area contributed by atoms with E-state index in [1.165, 1.54) is 12.1 Å². The van der Waals surface area contributed by atoms with E-state index < -0.39 is 0 Å². The summed E-state index contributed by atoms with van der Waals surface area (Å²) >= 11 is 0. The molecule has 114 valence electrons. The molecule has 0 radical (unpaired) electrons. The Morgan fingerprint density at radius 2 is 2.14 bits per heavy atom. The number of halogens is 1. The highest BCUT2D eigenvalue weighted by atomic mass is 19.1. The smallest absolute Gasteiger partial charge is 0.340 e. The molecule has 1 aromatic carbocycles. The zero-order valence-electron chi connectivity index (χ0n) is 12.8. The van der Waals surface area contributed by atoms with Crippen LogP contribution in [0.15, 0.2) is 18.2 Å². The van der Waals surface area contributed by atoms with Gasteiger partial charge < -0.3 is 14.0 Å². The first-order valence-electron chi connectivity index (χ1n) is 6.97. The number of methoxy groups -OCH3 is 1. The summed E-state index contributed by atoms with van der Waals surface area (Å²) in [5.41, 5.74) is 1.94. The van der Waals surface area contributed by atoms with E-state index in [0.29, 0.717) is 29.7 Å². The zero-order chi connectivity index (χ0) is 15.6. The summed E-state index contributed by atoms with van der Waals surface area (Å²) in [4.78, 5) is 12.2. The molecule has 0 saturated carbocycles. The van der Waals surface area contributed by atoms with E-state index in [4.69, 9.17) is 9.47 Å². The number of carbonyl (C=O) groups excluding carboxylic acids is 1. The van der Waals surface area contributed by atoms with E-state index >= 15 is 0 Å². The predicted octanol–water partition coefficient (Wildman–Crippen LogP) is 3.47. The van der Waals surface area contributed by atoms with Gasteiger partial charge in [0.25, 0.3) is 0 Å². The lowest BCUT2D eigenvalue weighted by molar-refractivity contribution is 0.0527. The van der Waals surface area contributed by atoms with Crippen LogP contribution < -0.4 is 0 Å². The normalized spacial score (nSPS) is 12.6. The third kappa shape index (κ3) is 2.78. The lowest BCUT2D eigenvalue weighted by Crippen LogP contribution is -2.14. The van der Waals surface area contributed by atoms with E-state index in [1.54, 1.807) is 20.1 Å². The fourth-order valence-corrected chi connectivity index (χ4v) is 2.76. The Labute approximate surface area is 123 Å². The van der Waals surface area contributed by atoms with E-state index in [0.717, 1.165) is 5.69 Å². The standard InChI is InChI=1S/C16H20FNO3/c1-5-21-16(19)15-11(3)18(10(2)9-20-4)14-8-12(17)6-7-13(14)15/h6-8,10H,5,9H2,1-4H3. The van der Waals surface area contributed by atoms with Gasteiger partial charge in [-0.3, -0.25) is 0 Å². The monoisotopic (exact) mass is 293 g/mol. The summed E-state index contributed by atoms with van der Waals surface area (Å²) in [6.07, 6.45) is 0. The molecule has 4 nitrogen and oxygen atoms in total. The first-order valence-corrected chi connectivity index (χ1v) is 6.97. The van der Waals surface area contributed by atoms with Gasteiger partial charge in [-0.05, 0) is 39.0 Å². The summed E-state index contributed by atoms with van der Waals surface area (Å²) in [5, 5.41) is 0.704. The molecule has 1 aromatic heterocycles. The Hall–Kier alpha value is -1.88. The van der Waals surface area contributed by atoms with Crippen molar-refractivity contribution in [2.75, 3.05) is 20.3 Å². The number of nitrogens with zero attached hydrogens (tertiary/aromatic N) is 1. The second-order valence-electron chi connectivity index (χ2n) is 5.02. The van der Waals surface area contributed by atoms with E-state index in [9.17, 15) is 9.18 Å². The van der Waals surface area contributed by atoms with Gasteiger partial charge in [0.1, 0.15) is 5.82 Å². The minimum atomic E-state index is -0.380. The van der Waals surface area contributed by atoms with Gasteiger partial charge in [0.05, 0.1) is 30.3 Å². The second-order valence-corrected chi connectivity index (χ2v) is 5.02. The molecular formula is C16H20FNO3. The summed E-state index contributed by atoms with van der Waals surface area (Å²) in [5.74, 6) is -0.712. The van der Waals surface area contributed by atoms with Crippen LogP contribution in [0.1, 0.15) is 35.9 Å². The Bertz CT molecular complexity index is 663. The van der Waals surface area contributed by atoms with Crippen molar-refractivity contribution in [1.82, 2.24) is 4.57 Å². The van der Waals surface area contributed by atoms with Gasteiger partial charge in [-0.2, -0.15) is 0 Å². The number of fused-ring (bicyclic) bond motifs is 1. The summed E-state index contributed by atoms with van der Waals surface area (Å²) in [6, 6.07) is 4.41. The molecule has 2 rings (SSSR count). The molecule has 0 saturated heterocycles. The molecule has 0 N–H and O–H groups in total. The topological polar surface area (TPSA) is 40.5 Å². The molecule has 0 aliphatic carbocycles. The number of rotatable bonds is 5. The van der Waals surface area contributed by atoms with Gasteiger partial charge in [0.2, 0.25) is 0 Å². The lowest BCUT2D eigenvalue weighted by atomic mass is 10.1. The van der Waals surface area contributed by atoms with Crippen LogP contribution in [-0.2, 0) is 9.47 Å². The molecule has 1 heterocycles. The van der Waals surface area contributed by atoms with Crippen LogP contribution in [0, 0.1) is 12.7 Å². The van der Waals surface area contributed by atoms with Crippen LogP contribution in [0.25, 0.3) is 10.9 Å². The molecule has 21 heavy (non-hydrogen) atoms. The number of aromatic nitrogens is 1. The molecule has 1 unspecified atom stereocenters. The third-order valence-corrected chi connectivity index (χ3v) is 3.54. The van der Waals surface area contributed by atoms with Crippen molar-refractivity contribution in [3.05, 3.63) is 35.3 Å². The highest BCUT2D eigenvalue weighted by Crippen LogP contribution is 2.30. The molecule has 0 fully saturated rings. The molecule has 0 amide bonds. The van der Waals surface area contributed by atoms with Gasteiger partial charge in [-0.25, -0.2) is 9.18 Å². The Morgan fingerprint density at radius 3 is 2.76 bits per heavy atom. The quantitative estimate of drug-likeness (QED) is 0.792. The minimum absolute atomic E-state index is 0.0116. The van der Waals surface area contributed by atoms with Gasteiger partial charge in [0, 0.05) is 18.2 Å². The minimum Gasteiger partial charge on any atom is -0.462 e. The van der Waals surface area contributed by atoms with Crippen molar-refractivity contribution in [3.8, 4) is 0 Å². The average molecular weight is 293 g/mol. The first-order chi connectivity index (χ1) is 10.0. The van der Waals surface area contributed by atoms with E-state index in [-0.39, 0.29) is 17.8 Å². The highest BCUT2D eigenvalue weighted by molar-refractivity contribution is 6.06. The van der Waals surface area contributed by atoms with Crippen molar-refractivity contribution in [2.45, 2.75) is 26.8 Å². The maximum Gasteiger partial charge on any atom is 0.340 e. The summed E-state index contributed by atoms with van der Waals surface area (Å²) in [7, 11) is 1.62. The number of hydrogen-bond donors (Lipinski definition) is 0. The van der Waals surface area contributed by atoms with Crippen LogP contribution in [0.5, 0.6) is 0 Å². The maximum atomic E-state index is 13.6. The molecule has 0 spiro atoms. The molecular weight excluding hydrogens is 273 g/mol. The Kier molecular flexibility index (Phi) is 4.63. The third-order valence-electron chi connectivity index (χ3n) is 3.54. The van der Waals surface area contributed by atoms with E-state index in [2.05, 4.69) is 0 Å². The summed E-state index contributed by atoms with van der Waals surface area (Å²) < 4.78 is 25.8. The number of ether oxygens (including phenoxy) is 2. The number of esters is 1. The number of carbonyl (C=O) groups is 1. The maximum absolute atomic E-state index is 13.6. The van der Waals surface area contributed by atoms with Crippen LogP contribution >= 0.6 is 0 Å². The van der Waals surface area contributed by atoms with Gasteiger partial charge in [-0.15, -0.1) is 0 Å². The van der Waals surface area contributed by atoms with Crippen molar-refractivity contribution in [3.63, 3.8) is 0 Å². The van der Waals surface area contributed by atoms with Crippen LogP contribution in [0.2, 0.25) is 0 Å². The van der Waals surface area contributed by atoms with Crippen molar-refractivity contribution in [1.29, 1.82) is 0 Å². The Balaban J connectivity index is 2.69. The molecule has 0 bridgehead atoms. The average Bonchev–Trinajstić information content (AvgIpc) is 2.70. The fraction of sp³-hybridized carbons (Fsp3) is 0.438. The lowest BCUT2D eigenvalue weighted by Gasteiger charge is -2.16. The molecule has 2 aromatic rings. The van der Waals surface area contributed by atoms with Crippen molar-refractivity contribution >= 4 is 16.9 Å². The largest absolute Gasteiger partial charge is 0.462 e. The Morgan fingerprint density at radius 1 is 1.43 bits per heavy atom. The fourth-order valence-electron chi connectivity index (χ4n) is 2.76. The number of benzene rings is 1. The SMILES string of the molecule is CCOC(=O)c1c(C)n(C(C)COC)c2cc(F)ccc12. The van der Waals surface area contributed by atoms with Gasteiger partial charge >= 0.3 is 5.97 Å². The first kappa shape index (κ1) is 15.5. The molecule has 0 aliphatic rings. The van der Waals surface area contributed by atoms with Gasteiger partial charge in [-0.1, -0.05) is 0 Å². The molecule has 0 aliphatic heterocycles.